The molecule has 0 aromatic carbocycles. The van der Waals surface area contributed by atoms with Crippen LogP contribution in [0.1, 0.15) is 12.8 Å². The second-order valence-electron chi connectivity index (χ2n) is 6.35. The zero-order chi connectivity index (χ0) is 18.7. The molecular weight excluding hydrogens is 467 g/mol. The molecule has 1 aliphatic heterocycles. The predicted molar refractivity (Wildman–Crippen MR) is 125 cm³/mol. The van der Waals surface area contributed by atoms with E-state index in [4.69, 9.17) is 0 Å². The van der Waals surface area contributed by atoms with Crippen molar-refractivity contribution in [2.45, 2.75) is 12.8 Å². The van der Waals surface area contributed by atoms with Crippen molar-refractivity contribution in [3.8, 4) is 0 Å². The number of aliphatic imine (C=N–C) groups is 1. The Hall–Kier alpha value is -2.17. The first kappa shape index (κ1) is 22.1. The van der Waals surface area contributed by atoms with Gasteiger partial charge in [0.15, 0.2) is 5.96 Å². The maximum atomic E-state index is 4.43. The van der Waals surface area contributed by atoms with E-state index in [1.165, 1.54) is 0 Å². The minimum absolute atomic E-state index is 0. The zero-order valence-electron chi connectivity index (χ0n) is 16.3. The molecule has 9 heteroatoms. The Morgan fingerprint density at radius 3 is 2.36 bits per heavy atom. The van der Waals surface area contributed by atoms with E-state index in [1.54, 1.807) is 18.6 Å². The Morgan fingerprint density at radius 2 is 1.68 bits per heavy atom. The molecule has 1 fully saturated rings. The van der Waals surface area contributed by atoms with Gasteiger partial charge in [-0.25, -0.2) is 15.0 Å². The van der Waals surface area contributed by atoms with Crippen molar-refractivity contribution in [2.75, 3.05) is 56.5 Å². The molecule has 0 aliphatic carbocycles. The Balaban J connectivity index is 0.00000280. The summed E-state index contributed by atoms with van der Waals surface area (Å²) in [6, 6.07) is 7.75. The van der Waals surface area contributed by atoms with Crippen LogP contribution in [-0.2, 0) is 0 Å². The average Bonchev–Trinajstić information content (AvgIpc) is 2.75. The fraction of sp³-hybridized carbons (Fsp3) is 0.474. The fourth-order valence-corrected chi connectivity index (χ4v) is 3.04. The molecule has 2 aromatic heterocycles. The molecule has 0 saturated carbocycles. The number of hydrogen-bond donors (Lipinski definition) is 2. The van der Waals surface area contributed by atoms with Crippen molar-refractivity contribution >= 4 is 41.7 Å². The van der Waals surface area contributed by atoms with Crippen LogP contribution in [0.3, 0.4) is 0 Å². The molecule has 3 heterocycles. The van der Waals surface area contributed by atoms with E-state index in [9.17, 15) is 0 Å². The first-order valence-corrected chi connectivity index (χ1v) is 9.49. The third-order valence-corrected chi connectivity index (χ3v) is 4.48. The van der Waals surface area contributed by atoms with Crippen LogP contribution in [-0.4, -0.2) is 72.1 Å². The molecule has 0 radical (unpaired) electrons. The molecule has 0 unspecified atom stereocenters. The highest BCUT2D eigenvalue weighted by molar-refractivity contribution is 14.0. The van der Waals surface area contributed by atoms with Gasteiger partial charge in [0, 0.05) is 64.9 Å². The Kier molecular flexibility index (Phi) is 9.73. The molecule has 8 nitrogen and oxygen atoms in total. The van der Waals surface area contributed by atoms with Gasteiger partial charge in [0.2, 0.25) is 5.95 Å². The summed E-state index contributed by atoms with van der Waals surface area (Å²) in [5.74, 6) is 2.71. The molecule has 0 amide bonds. The molecule has 1 aliphatic rings. The second-order valence-corrected chi connectivity index (χ2v) is 6.35. The maximum absolute atomic E-state index is 4.43. The van der Waals surface area contributed by atoms with Crippen molar-refractivity contribution in [2.24, 2.45) is 4.99 Å². The monoisotopic (exact) mass is 496 g/mol. The fourth-order valence-electron chi connectivity index (χ4n) is 3.04. The lowest BCUT2D eigenvalue weighted by molar-refractivity contribution is 0.370. The lowest BCUT2D eigenvalue weighted by atomic mass is 10.3. The van der Waals surface area contributed by atoms with Crippen molar-refractivity contribution in [3.05, 3.63) is 42.9 Å². The quantitative estimate of drug-likeness (QED) is 0.263. The molecule has 2 aromatic rings. The van der Waals surface area contributed by atoms with Crippen LogP contribution in [0.25, 0.3) is 0 Å². The summed E-state index contributed by atoms with van der Waals surface area (Å²) >= 11 is 0. The summed E-state index contributed by atoms with van der Waals surface area (Å²) in [7, 11) is 1.84. The number of unbranched alkanes of at least 4 members (excludes halogenated alkanes) is 1. The van der Waals surface area contributed by atoms with Crippen LogP contribution >= 0.6 is 24.0 Å². The summed E-state index contributed by atoms with van der Waals surface area (Å²) in [6.07, 6.45) is 7.55. The van der Waals surface area contributed by atoms with Gasteiger partial charge in [-0.1, -0.05) is 6.07 Å². The van der Waals surface area contributed by atoms with Crippen LogP contribution in [0.4, 0.5) is 11.8 Å². The third-order valence-electron chi connectivity index (χ3n) is 4.48. The predicted octanol–water partition coefficient (Wildman–Crippen LogP) is 2.08. The highest BCUT2D eigenvalue weighted by atomic mass is 127. The van der Waals surface area contributed by atoms with E-state index < -0.39 is 0 Å². The number of nitrogens with one attached hydrogen (secondary N) is 2. The van der Waals surface area contributed by atoms with Gasteiger partial charge in [0.05, 0.1) is 0 Å². The summed E-state index contributed by atoms with van der Waals surface area (Å²) in [5.41, 5.74) is 0. The van der Waals surface area contributed by atoms with Gasteiger partial charge in [-0.3, -0.25) is 4.99 Å². The SMILES string of the molecule is CN=C(NCCCCNc1ccccn1)N1CCN(c2ncccn2)CC1.I. The number of anilines is 2. The van der Waals surface area contributed by atoms with Crippen LogP contribution in [0.5, 0.6) is 0 Å². The third kappa shape index (κ3) is 6.77. The van der Waals surface area contributed by atoms with Gasteiger partial charge in [-0.2, -0.15) is 0 Å². The smallest absolute Gasteiger partial charge is 0.225 e. The second kappa shape index (κ2) is 12.3. The maximum Gasteiger partial charge on any atom is 0.225 e. The molecular formula is C19H29IN8. The van der Waals surface area contributed by atoms with Gasteiger partial charge in [0.1, 0.15) is 5.82 Å². The summed E-state index contributed by atoms with van der Waals surface area (Å²) in [4.78, 5) is 21.9. The van der Waals surface area contributed by atoms with Crippen molar-refractivity contribution in [3.63, 3.8) is 0 Å². The van der Waals surface area contributed by atoms with E-state index in [1.807, 2.05) is 31.3 Å². The molecule has 1 saturated heterocycles. The number of pyridine rings is 1. The highest BCUT2D eigenvalue weighted by Gasteiger charge is 2.20. The van der Waals surface area contributed by atoms with Crippen LogP contribution in [0.15, 0.2) is 47.8 Å². The van der Waals surface area contributed by atoms with Gasteiger partial charge in [-0.15, -0.1) is 24.0 Å². The van der Waals surface area contributed by atoms with Crippen LogP contribution in [0.2, 0.25) is 0 Å². The molecule has 0 spiro atoms. The summed E-state index contributed by atoms with van der Waals surface area (Å²) in [5, 5.41) is 6.81. The first-order valence-electron chi connectivity index (χ1n) is 9.49. The number of rotatable bonds is 7. The number of nitrogens with zero attached hydrogens (tertiary/aromatic N) is 6. The van der Waals surface area contributed by atoms with E-state index >= 15 is 0 Å². The summed E-state index contributed by atoms with van der Waals surface area (Å²) < 4.78 is 0. The Morgan fingerprint density at radius 1 is 0.964 bits per heavy atom. The molecule has 3 rings (SSSR count). The molecule has 152 valence electrons. The zero-order valence-corrected chi connectivity index (χ0v) is 18.6. The van der Waals surface area contributed by atoms with E-state index in [-0.39, 0.29) is 24.0 Å². The normalized spacial score (nSPS) is 14.4. The minimum atomic E-state index is 0. The lowest BCUT2D eigenvalue weighted by Crippen LogP contribution is -2.53. The van der Waals surface area contributed by atoms with Crippen molar-refractivity contribution in [1.82, 2.24) is 25.2 Å². The number of guanidine groups is 1. The molecule has 28 heavy (non-hydrogen) atoms. The van der Waals surface area contributed by atoms with Crippen LogP contribution in [0, 0.1) is 0 Å². The number of halogens is 1. The van der Waals surface area contributed by atoms with Crippen LogP contribution < -0.4 is 15.5 Å². The molecule has 0 bridgehead atoms. The van der Waals surface area contributed by atoms with Gasteiger partial charge >= 0.3 is 0 Å². The number of piperazine rings is 1. The largest absolute Gasteiger partial charge is 0.370 e. The van der Waals surface area contributed by atoms with E-state index in [0.717, 1.165) is 69.8 Å². The number of aromatic nitrogens is 3. The lowest BCUT2D eigenvalue weighted by Gasteiger charge is -2.36. The van der Waals surface area contributed by atoms with Gasteiger partial charge < -0.3 is 20.4 Å². The first-order chi connectivity index (χ1) is 13.4. The van der Waals surface area contributed by atoms with E-state index in [2.05, 4.69) is 40.4 Å². The molecule has 2 N–H and O–H groups in total. The topological polar surface area (TPSA) is 81.6 Å². The average molecular weight is 496 g/mol. The van der Waals surface area contributed by atoms with Crippen molar-refractivity contribution < 1.29 is 0 Å². The minimum Gasteiger partial charge on any atom is -0.370 e. The Labute approximate surface area is 183 Å². The Bertz CT molecular complexity index is 690. The van der Waals surface area contributed by atoms with E-state index in [0.29, 0.717) is 0 Å². The standard InChI is InChI=1S/C19H28N8.HI/c1-20-18(23-10-5-4-9-22-17-7-2-3-8-21-17)26-13-15-27(16-14-26)19-24-11-6-12-25-19;/h2-3,6-8,11-12H,4-5,9-10,13-16H2,1H3,(H,20,23)(H,21,22);1H. The molecule has 0 atom stereocenters. The summed E-state index contributed by atoms with van der Waals surface area (Å²) in [6.45, 7) is 5.47. The van der Waals surface area contributed by atoms with Gasteiger partial charge in [0.25, 0.3) is 0 Å². The number of hydrogen-bond acceptors (Lipinski definition) is 6. The van der Waals surface area contributed by atoms with Gasteiger partial charge in [-0.05, 0) is 31.0 Å². The highest BCUT2D eigenvalue weighted by Crippen LogP contribution is 2.09. The van der Waals surface area contributed by atoms with Crippen molar-refractivity contribution in [1.29, 1.82) is 0 Å².